The number of anilines is 1. The molecule has 2 fully saturated rings. The van der Waals surface area contributed by atoms with Crippen LogP contribution in [-0.2, 0) is 0 Å². The fourth-order valence-corrected chi connectivity index (χ4v) is 4.10. The van der Waals surface area contributed by atoms with Gasteiger partial charge in [-0.1, -0.05) is 25.7 Å². The molecule has 1 aromatic carbocycles. The van der Waals surface area contributed by atoms with Crippen molar-refractivity contribution >= 4 is 11.6 Å². The normalized spacial score (nSPS) is 19.8. The molecule has 1 aromatic rings. The highest BCUT2D eigenvalue weighted by Gasteiger charge is 2.28. The fraction of sp³-hybridized carbons (Fsp3) is 0.632. The number of hydrogen-bond donors (Lipinski definition) is 2. The van der Waals surface area contributed by atoms with E-state index in [0.29, 0.717) is 11.5 Å². The zero-order chi connectivity index (χ0) is 16.9. The molecule has 1 heterocycles. The SMILES string of the molecule is COc1c(N2CCCCCN2)ccc(C(N)=O)c1C1CCCCC1. The van der Waals surface area contributed by atoms with Crippen molar-refractivity contribution < 1.29 is 9.53 Å². The van der Waals surface area contributed by atoms with Gasteiger partial charge >= 0.3 is 0 Å². The van der Waals surface area contributed by atoms with Crippen molar-refractivity contribution in [1.82, 2.24) is 5.43 Å². The standard InChI is InChI=1S/C19H29N3O2/c1-24-18-16(22-13-7-3-6-12-21-22)11-10-15(19(20)23)17(18)14-8-4-2-5-9-14/h10-11,14,21H,2-9,12-13H2,1H3,(H2,20,23). The van der Waals surface area contributed by atoms with Crippen LogP contribution in [0.1, 0.15) is 73.2 Å². The van der Waals surface area contributed by atoms with Gasteiger partial charge in [0.15, 0.2) is 0 Å². The highest BCUT2D eigenvalue weighted by molar-refractivity contribution is 5.96. The molecule has 1 aliphatic heterocycles. The second-order valence-corrected chi connectivity index (χ2v) is 6.90. The van der Waals surface area contributed by atoms with E-state index in [-0.39, 0.29) is 5.91 Å². The van der Waals surface area contributed by atoms with Crippen molar-refractivity contribution in [2.24, 2.45) is 5.73 Å². The van der Waals surface area contributed by atoms with Gasteiger partial charge in [-0.2, -0.15) is 0 Å². The zero-order valence-electron chi connectivity index (χ0n) is 14.6. The van der Waals surface area contributed by atoms with Crippen LogP contribution in [-0.4, -0.2) is 26.1 Å². The van der Waals surface area contributed by atoms with Crippen molar-refractivity contribution in [3.05, 3.63) is 23.3 Å². The van der Waals surface area contributed by atoms with Crippen molar-refractivity contribution in [2.75, 3.05) is 25.2 Å². The second kappa shape index (κ2) is 7.88. The van der Waals surface area contributed by atoms with E-state index >= 15 is 0 Å². The topological polar surface area (TPSA) is 67.6 Å². The van der Waals surface area contributed by atoms with E-state index in [9.17, 15) is 4.79 Å². The first-order valence-corrected chi connectivity index (χ1v) is 9.24. The lowest BCUT2D eigenvalue weighted by Crippen LogP contribution is -2.38. The molecule has 3 rings (SSSR count). The maximum absolute atomic E-state index is 12.0. The molecule has 5 heteroatoms. The molecule has 1 saturated carbocycles. The molecular formula is C19H29N3O2. The first kappa shape index (κ1) is 17.1. The Balaban J connectivity index is 2.04. The van der Waals surface area contributed by atoms with E-state index in [2.05, 4.69) is 10.4 Å². The summed E-state index contributed by atoms with van der Waals surface area (Å²) in [4.78, 5) is 12.0. The average molecular weight is 331 g/mol. The molecule has 3 N–H and O–H groups in total. The third-order valence-corrected chi connectivity index (χ3v) is 5.31. The van der Waals surface area contributed by atoms with Gasteiger partial charge in [-0.15, -0.1) is 0 Å². The number of carbonyl (C=O) groups excluding carboxylic acids is 1. The van der Waals surface area contributed by atoms with Gasteiger partial charge in [-0.05, 0) is 43.7 Å². The van der Waals surface area contributed by atoms with Crippen molar-refractivity contribution in [2.45, 2.75) is 57.3 Å². The molecule has 132 valence electrons. The van der Waals surface area contributed by atoms with Crippen molar-refractivity contribution in [3.8, 4) is 5.75 Å². The number of nitrogens with one attached hydrogen (secondary N) is 1. The maximum Gasteiger partial charge on any atom is 0.249 e. The van der Waals surface area contributed by atoms with Gasteiger partial charge in [0.2, 0.25) is 5.91 Å². The molecule has 0 atom stereocenters. The van der Waals surface area contributed by atoms with E-state index in [0.717, 1.165) is 49.4 Å². The number of hydrogen-bond acceptors (Lipinski definition) is 4. The number of rotatable bonds is 4. The van der Waals surface area contributed by atoms with Crippen LogP contribution in [0.15, 0.2) is 12.1 Å². The van der Waals surface area contributed by atoms with Gasteiger partial charge < -0.3 is 15.5 Å². The van der Waals surface area contributed by atoms with Crippen LogP contribution >= 0.6 is 0 Å². The largest absolute Gasteiger partial charge is 0.494 e. The quantitative estimate of drug-likeness (QED) is 0.888. The first-order valence-electron chi connectivity index (χ1n) is 9.24. The minimum Gasteiger partial charge on any atom is -0.494 e. The summed E-state index contributed by atoms with van der Waals surface area (Å²) >= 11 is 0. The summed E-state index contributed by atoms with van der Waals surface area (Å²) in [6, 6.07) is 3.86. The lowest BCUT2D eigenvalue weighted by atomic mass is 9.81. The maximum atomic E-state index is 12.0. The molecule has 0 spiro atoms. The van der Waals surface area contributed by atoms with Crippen LogP contribution in [0.4, 0.5) is 5.69 Å². The van der Waals surface area contributed by atoms with Crippen LogP contribution in [0.2, 0.25) is 0 Å². The smallest absolute Gasteiger partial charge is 0.249 e. The summed E-state index contributed by atoms with van der Waals surface area (Å²) in [5.41, 5.74) is 11.8. The van der Waals surface area contributed by atoms with Crippen molar-refractivity contribution in [1.29, 1.82) is 0 Å². The first-order chi connectivity index (χ1) is 11.7. The molecule has 2 aliphatic rings. The van der Waals surface area contributed by atoms with Gasteiger partial charge in [-0.25, -0.2) is 5.43 Å². The highest BCUT2D eigenvalue weighted by Crippen LogP contribution is 2.44. The van der Waals surface area contributed by atoms with Gasteiger partial charge in [0.05, 0.1) is 12.8 Å². The molecule has 5 nitrogen and oxygen atoms in total. The predicted molar refractivity (Wildman–Crippen MR) is 96.5 cm³/mol. The lowest BCUT2D eigenvalue weighted by molar-refractivity contribution is 0.0998. The third-order valence-electron chi connectivity index (χ3n) is 5.31. The van der Waals surface area contributed by atoms with Crippen LogP contribution < -0.4 is 20.9 Å². The molecule has 24 heavy (non-hydrogen) atoms. The molecular weight excluding hydrogens is 302 g/mol. The monoisotopic (exact) mass is 331 g/mol. The number of carbonyl (C=O) groups is 1. The van der Waals surface area contributed by atoms with Crippen LogP contribution in [0.5, 0.6) is 5.75 Å². The van der Waals surface area contributed by atoms with Crippen LogP contribution in [0.25, 0.3) is 0 Å². The fourth-order valence-electron chi connectivity index (χ4n) is 4.10. The van der Waals surface area contributed by atoms with E-state index in [4.69, 9.17) is 10.5 Å². The van der Waals surface area contributed by atoms with Gasteiger partial charge in [0.25, 0.3) is 0 Å². The summed E-state index contributed by atoms with van der Waals surface area (Å²) in [6.45, 7) is 1.93. The molecule has 0 aromatic heterocycles. The van der Waals surface area contributed by atoms with Gasteiger partial charge in [-0.3, -0.25) is 4.79 Å². The van der Waals surface area contributed by atoms with Crippen LogP contribution in [0, 0.1) is 0 Å². The van der Waals surface area contributed by atoms with E-state index in [1.165, 1.54) is 32.1 Å². The molecule has 1 saturated heterocycles. The van der Waals surface area contributed by atoms with E-state index < -0.39 is 0 Å². The minimum atomic E-state index is -0.357. The summed E-state index contributed by atoms with van der Waals surface area (Å²) in [5.74, 6) is 0.833. The highest BCUT2D eigenvalue weighted by atomic mass is 16.5. The van der Waals surface area contributed by atoms with Crippen molar-refractivity contribution in [3.63, 3.8) is 0 Å². The molecule has 0 bridgehead atoms. The predicted octanol–water partition coefficient (Wildman–Crippen LogP) is 3.34. The second-order valence-electron chi connectivity index (χ2n) is 6.90. The molecule has 0 unspecified atom stereocenters. The number of methoxy groups -OCH3 is 1. The number of primary amides is 1. The number of nitrogens with two attached hydrogens (primary N) is 1. The van der Waals surface area contributed by atoms with E-state index in [1.807, 2.05) is 12.1 Å². The Kier molecular flexibility index (Phi) is 5.61. The number of ether oxygens (including phenoxy) is 1. The number of benzene rings is 1. The Morgan fingerprint density at radius 3 is 2.62 bits per heavy atom. The summed E-state index contributed by atoms with van der Waals surface area (Å²) < 4.78 is 5.83. The molecule has 1 aliphatic carbocycles. The number of amides is 1. The number of hydrazine groups is 1. The molecule has 0 radical (unpaired) electrons. The molecule has 1 amide bonds. The van der Waals surface area contributed by atoms with Gasteiger partial charge in [0, 0.05) is 24.2 Å². The number of nitrogens with zero attached hydrogens (tertiary/aromatic N) is 1. The summed E-state index contributed by atoms with van der Waals surface area (Å²) in [6.07, 6.45) is 9.48. The summed E-state index contributed by atoms with van der Waals surface area (Å²) in [5, 5.41) is 2.18. The Labute approximate surface area is 144 Å². The average Bonchev–Trinajstić information content (AvgIpc) is 2.90. The Morgan fingerprint density at radius 1 is 1.17 bits per heavy atom. The Morgan fingerprint density at radius 2 is 1.92 bits per heavy atom. The lowest BCUT2D eigenvalue weighted by Gasteiger charge is -2.30. The minimum absolute atomic E-state index is 0.357. The van der Waals surface area contributed by atoms with E-state index in [1.54, 1.807) is 7.11 Å². The zero-order valence-corrected chi connectivity index (χ0v) is 14.6. The summed E-state index contributed by atoms with van der Waals surface area (Å²) in [7, 11) is 1.70. The Hall–Kier alpha value is -1.75. The van der Waals surface area contributed by atoms with Crippen LogP contribution in [0.3, 0.4) is 0 Å². The third kappa shape index (κ3) is 3.51. The Bertz CT molecular complexity index is 574. The van der Waals surface area contributed by atoms with Gasteiger partial charge in [0.1, 0.15) is 5.75 Å².